The molecule has 0 atom stereocenters. The molecule has 0 spiro atoms. The number of benzene rings is 1. The van der Waals surface area contributed by atoms with Crippen molar-refractivity contribution >= 4 is 12.4 Å². The van der Waals surface area contributed by atoms with Gasteiger partial charge >= 0.3 is 0 Å². The van der Waals surface area contributed by atoms with Crippen LogP contribution in [0.3, 0.4) is 0 Å². The van der Waals surface area contributed by atoms with Crippen molar-refractivity contribution in [1.82, 2.24) is 15.5 Å². The lowest BCUT2D eigenvalue weighted by Crippen LogP contribution is -2.13. The first-order valence-electron chi connectivity index (χ1n) is 8.11. The summed E-state index contributed by atoms with van der Waals surface area (Å²) in [5, 5.41) is 10.7. The molecule has 0 bridgehead atoms. The molecule has 0 aliphatic rings. The second-order valence-electron chi connectivity index (χ2n) is 5.91. The Morgan fingerprint density at radius 3 is 2.64 bits per heavy atom. The summed E-state index contributed by atoms with van der Waals surface area (Å²) in [7, 11) is 0. The van der Waals surface area contributed by atoms with E-state index in [1.54, 1.807) is 6.26 Å². The molecule has 2 aromatic heterocycles. The average molecular weight is 362 g/mol. The molecule has 3 aromatic rings. The van der Waals surface area contributed by atoms with E-state index < -0.39 is 0 Å². The van der Waals surface area contributed by atoms with Crippen LogP contribution >= 0.6 is 12.4 Å². The molecule has 6 heteroatoms. The highest BCUT2D eigenvalue weighted by molar-refractivity contribution is 5.85. The maximum Gasteiger partial charge on any atom is 0.129 e. The lowest BCUT2D eigenvalue weighted by molar-refractivity contribution is 0.0929. The van der Waals surface area contributed by atoms with Gasteiger partial charge in [-0.25, -0.2) is 0 Å². The summed E-state index contributed by atoms with van der Waals surface area (Å²) in [6.45, 7) is 6.78. The topological polar surface area (TPSA) is 63.1 Å². The van der Waals surface area contributed by atoms with Gasteiger partial charge in [-0.3, -0.25) is 5.10 Å². The second kappa shape index (κ2) is 9.42. The van der Waals surface area contributed by atoms with Crippen LogP contribution in [0.2, 0.25) is 0 Å². The number of hydrogen-bond acceptors (Lipinski definition) is 4. The second-order valence-corrected chi connectivity index (χ2v) is 5.91. The van der Waals surface area contributed by atoms with Gasteiger partial charge in [0.15, 0.2) is 0 Å². The first-order chi connectivity index (χ1) is 11.7. The van der Waals surface area contributed by atoms with Crippen molar-refractivity contribution in [2.24, 2.45) is 0 Å². The zero-order valence-corrected chi connectivity index (χ0v) is 15.4. The molecule has 5 nitrogen and oxygen atoms in total. The predicted molar refractivity (Wildman–Crippen MR) is 99.5 cm³/mol. The summed E-state index contributed by atoms with van der Waals surface area (Å²) in [6.07, 6.45) is 1.66. The van der Waals surface area contributed by atoms with Crippen molar-refractivity contribution in [3.05, 3.63) is 76.5 Å². The number of furan rings is 1. The van der Waals surface area contributed by atoms with E-state index >= 15 is 0 Å². The van der Waals surface area contributed by atoms with Gasteiger partial charge in [-0.15, -0.1) is 12.4 Å². The van der Waals surface area contributed by atoms with Gasteiger partial charge in [0.2, 0.25) is 0 Å². The molecule has 0 saturated carbocycles. The predicted octanol–water partition coefficient (Wildman–Crippen LogP) is 4.05. The zero-order chi connectivity index (χ0) is 16.8. The molecule has 0 unspecified atom stereocenters. The lowest BCUT2D eigenvalue weighted by atomic mass is 10.1. The number of hydrogen-bond donors (Lipinski definition) is 2. The maximum absolute atomic E-state index is 5.69. The first-order valence-corrected chi connectivity index (χ1v) is 8.11. The van der Waals surface area contributed by atoms with Crippen molar-refractivity contribution in [2.45, 2.75) is 40.2 Å². The summed E-state index contributed by atoms with van der Waals surface area (Å²) in [4.78, 5) is 0. The van der Waals surface area contributed by atoms with E-state index in [4.69, 9.17) is 9.15 Å². The molecule has 25 heavy (non-hydrogen) atoms. The van der Waals surface area contributed by atoms with Gasteiger partial charge in [-0.2, -0.15) is 5.10 Å². The Balaban J connectivity index is 0.00000225. The van der Waals surface area contributed by atoms with Crippen molar-refractivity contribution in [2.75, 3.05) is 0 Å². The Hall–Kier alpha value is -2.08. The Morgan fingerprint density at radius 2 is 1.92 bits per heavy atom. The van der Waals surface area contributed by atoms with E-state index in [1.807, 2.05) is 26.0 Å². The van der Waals surface area contributed by atoms with E-state index in [-0.39, 0.29) is 12.4 Å². The molecule has 0 radical (unpaired) electrons. The van der Waals surface area contributed by atoms with Crippen LogP contribution in [0.5, 0.6) is 0 Å². The summed E-state index contributed by atoms with van der Waals surface area (Å²) in [5.74, 6) is 0.846. The Bertz CT molecular complexity index is 749. The smallest absolute Gasteiger partial charge is 0.129 e. The number of nitrogens with one attached hydrogen (secondary N) is 2. The number of H-pyrrole nitrogens is 1. The highest BCUT2D eigenvalue weighted by atomic mass is 35.5. The number of ether oxygens (including phenoxy) is 1. The zero-order valence-electron chi connectivity index (χ0n) is 14.5. The van der Waals surface area contributed by atoms with Crippen LogP contribution < -0.4 is 5.32 Å². The van der Waals surface area contributed by atoms with Gasteiger partial charge in [0.25, 0.3) is 0 Å². The van der Waals surface area contributed by atoms with Gasteiger partial charge in [-0.05, 0) is 37.1 Å². The van der Waals surface area contributed by atoms with Crippen LogP contribution in [0, 0.1) is 13.8 Å². The SMILES string of the molecule is Cc1n[nH]c(C)c1CNCc1cccc(COCc2ccco2)c1.Cl. The lowest BCUT2D eigenvalue weighted by Gasteiger charge is -2.08. The average Bonchev–Trinajstić information content (AvgIpc) is 3.20. The molecule has 0 saturated heterocycles. The summed E-state index contributed by atoms with van der Waals surface area (Å²) in [6, 6.07) is 12.2. The van der Waals surface area contributed by atoms with Gasteiger partial charge in [0.1, 0.15) is 12.4 Å². The Kier molecular flexibility index (Phi) is 7.25. The summed E-state index contributed by atoms with van der Waals surface area (Å²) < 4.78 is 10.9. The van der Waals surface area contributed by atoms with Crippen molar-refractivity contribution in [1.29, 1.82) is 0 Å². The van der Waals surface area contributed by atoms with Gasteiger partial charge < -0.3 is 14.5 Å². The van der Waals surface area contributed by atoms with E-state index in [0.29, 0.717) is 13.2 Å². The van der Waals surface area contributed by atoms with Gasteiger partial charge in [-0.1, -0.05) is 24.3 Å². The van der Waals surface area contributed by atoms with Crippen LogP contribution in [0.15, 0.2) is 47.1 Å². The van der Waals surface area contributed by atoms with Gasteiger partial charge in [0, 0.05) is 24.3 Å². The number of rotatable bonds is 8. The maximum atomic E-state index is 5.69. The van der Waals surface area contributed by atoms with Crippen molar-refractivity contribution in [3.8, 4) is 0 Å². The third-order valence-corrected chi connectivity index (χ3v) is 4.00. The van der Waals surface area contributed by atoms with Crippen LogP contribution in [-0.4, -0.2) is 10.2 Å². The minimum absolute atomic E-state index is 0. The fraction of sp³-hybridized carbons (Fsp3) is 0.316. The molecular weight excluding hydrogens is 338 g/mol. The fourth-order valence-electron chi connectivity index (χ4n) is 2.66. The normalized spacial score (nSPS) is 10.6. The Labute approximate surface area is 154 Å². The fourth-order valence-corrected chi connectivity index (χ4v) is 2.66. The molecule has 2 N–H and O–H groups in total. The van der Waals surface area contributed by atoms with E-state index in [9.17, 15) is 0 Å². The molecule has 134 valence electrons. The first kappa shape index (κ1) is 19.2. The molecule has 0 fully saturated rings. The molecule has 0 aliphatic carbocycles. The third kappa shape index (κ3) is 5.46. The van der Waals surface area contributed by atoms with E-state index in [2.05, 4.69) is 39.8 Å². The quantitative estimate of drug-likeness (QED) is 0.635. The monoisotopic (exact) mass is 361 g/mol. The molecular formula is C19H24ClN3O2. The molecule has 1 aromatic carbocycles. The number of halogens is 1. The third-order valence-electron chi connectivity index (χ3n) is 4.00. The minimum Gasteiger partial charge on any atom is -0.467 e. The number of aryl methyl sites for hydroxylation is 2. The molecule has 3 rings (SSSR count). The van der Waals surface area contributed by atoms with Gasteiger partial charge in [0.05, 0.1) is 18.6 Å². The molecule has 0 aliphatic heterocycles. The van der Waals surface area contributed by atoms with Crippen LogP contribution in [-0.2, 0) is 31.0 Å². The summed E-state index contributed by atoms with van der Waals surface area (Å²) in [5.41, 5.74) is 5.83. The number of aromatic amines is 1. The standard InChI is InChI=1S/C19H23N3O2.ClH/c1-14-19(15(2)22-21-14)11-20-10-16-5-3-6-17(9-16)12-23-13-18-7-4-8-24-18;/h3-9,20H,10-13H2,1-2H3,(H,21,22);1H. The van der Waals surface area contributed by atoms with Crippen molar-refractivity contribution in [3.63, 3.8) is 0 Å². The van der Waals surface area contributed by atoms with E-state index in [1.165, 1.54) is 11.1 Å². The molecule has 0 amide bonds. The highest BCUT2D eigenvalue weighted by Gasteiger charge is 2.05. The largest absolute Gasteiger partial charge is 0.467 e. The van der Waals surface area contributed by atoms with Crippen LogP contribution in [0.4, 0.5) is 0 Å². The number of aromatic nitrogens is 2. The highest BCUT2D eigenvalue weighted by Crippen LogP contribution is 2.11. The minimum atomic E-state index is 0. The Morgan fingerprint density at radius 1 is 1.08 bits per heavy atom. The van der Waals surface area contributed by atoms with Crippen molar-refractivity contribution < 1.29 is 9.15 Å². The summed E-state index contributed by atoms with van der Waals surface area (Å²) >= 11 is 0. The molecule has 2 heterocycles. The van der Waals surface area contributed by atoms with E-state index in [0.717, 1.165) is 35.8 Å². The van der Waals surface area contributed by atoms with Crippen LogP contribution in [0.1, 0.15) is 33.8 Å². The van der Waals surface area contributed by atoms with Crippen LogP contribution in [0.25, 0.3) is 0 Å². The number of nitrogens with zero attached hydrogens (tertiary/aromatic N) is 1.